The molecule has 7 heteroatoms. The van der Waals surface area contributed by atoms with Crippen molar-refractivity contribution < 1.29 is 14.4 Å². The van der Waals surface area contributed by atoms with E-state index in [9.17, 15) is 14.4 Å². The highest BCUT2D eigenvalue weighted by Crippen LogP contribution is 2.45. The van der Waals surface area contributed by atoms with E-state index in [0.717, 1.165) is 59.0 Å². The van der Waals surface area contributed by atoms with Crippen LogP contribution in [0.4, 0.5) is 10.5 Å². The Morgan fingerprint density at radius 1 is 0.857 bits per heavy atom. The smallest absolute Gasteiger partial charge is 0.332 e. The number of carbonyl (C=O) groups is 3. The lowest BCUT2D eigenvalue weighted by molar-refractivity contribution is -0.120. The van der Waals surface area contributed by atoms with Crippen molar-refractivity contribution in [3.05, 3.63) is 101 Å². The van der Waals surface area contributed by atoms with Crippen molar-refractivity contribution >= 4 is 34.4 Å². The van der Waals surface area contributed by atoms with Crippen LogP contribution in [0.2, 0.25) is 0 Å². The van der Waals surface area contributed by atoms with Gasteiger partial charge in [0.15, 0.2) is 0 Å². The summed E-state index contributed by atoms with van der Waals surface area (Å²) in [4.78, 5) is 47.8. The molecule has 4 aromatic rings. The molecule has 0 radical (unpaired) electrons. The Morgan fingerprint density at radius 3 is 2.31 bits per heavy atom. The molecule has 0 spiro atoms. The monoisotopic (exact) mass is 560 g/mol. The highest BCUT2D eigenvalue weighted by Gasteiger charge is 2.53. The lowest BCUT2D eigenvalue weighted by Crippen LogP contribution is -2.44. The third-order valence-corrected chi connectivity index (χ3v) is 9.36. The summed E-state index contributed by atoms with van der Waals surface area (Å²) >= 11 is 0. The fourth-order valence-corrected chi connectivity index (χ4v) is 7.16. The van der Waals surface area contributed by atoms with Gasteiger partial charge in [-0.2, -0.15) is 0 Å². The van der Waals surface area contributed by atoms with Crippen LogP contribution in [0, 0.1) is 6.92 Å². The van der Waals surface area contributed by atoms with E-state index in [-0.39, 0.29) is 23.9 Å². The predicted octanol–water partition coefficient (Wildman–Crippen LogP) is 6.80. The minimum absolute atomic E-state index is 0.103. The van der Waals surface area contributed by atoms with Gasteiger partial charge in [-0.3, -0.25) is 14.5 Å². The summed E-state index contributed by atoms with van der Waals surface area (Å²) < 4.78 is 0. The van der Waals surface area contributed by atoms with E-state index in [0.29, 0.717) is 17.7 Å². The van der Waals surface area contributed by atoms with Gasteiger partial charge < -0.3 is 10.3 Å². The Hall–Kier alpha value is -4.39. The minimum Gasteiger partial charge on any atom is -0.356 e. The molecule has 1 aromatic heterocycles. The molecule has 3 aromatic carbocycles. The summed E-state index contributed by atoms with van der Waals surface area (Å²) in [7, 11) is 0. The van der Waals surface area contributed by atoms with Crippen LogP contribution in [0.3, 0.4) is 0 Å². The number of fused-ring (bicyclic) bond motifs is 4. The molecule has 1 saturated heterocycles. The summed E-state index contributed by atoms with van der Waals surface area (Å²) in [5.74, 6) is -0.338. The van der Waals surface area contributed by atoms with Crippen molar-refractivity contribution in [1.29, 1.82) is 0 Å². The summed E-state index contributed by atoms with van der Waals surface area (Å²) in [6.07, 6.45) is 8.49. The van der Waals surface area contributed by atoms with Crippen molar-refractivity contribution in [2.24, 2.45) is 0 Å². The molecule has 2 unspecified atom stereocenters. The number of amides is 4. The molecular weight excluding hydrogens is 524 g/mol. The van der Waals surface area contributed by atoms with Crippen LogP contribution in [-0.4, -0.2) is 39.8 Å². The molecule has 2 N–H and O–H groups in total. The van der Waals surface area contributed by atoms with Gasteiger partial charge in [0.2, 0.25) is 0 Å². The van der Waals surface area contributed by atoms with Crippen LogP contribution in [0.5, 0.6) is 0 Å². The lowest BCUT2D eigenvalue weighted by Gasteiger charge is -2.36. The summed E-state index contributed by atoms with van der Waals surface area (Å²) in [5.41, 5.74) is 6.14. The van der Waals surface area contributed by atoms with Gasteiger partial charge in [-0.25, -0.2) is 9.69 Å². The number of anilines is 1. The van der Waals surface area contributed by atoms with Crippen molar-refractivity contribution in [1.82, 2.24) is 15.2 Å². The van der Waals surface area contributed by atoms with E-state index in [1.54, 1.807) is 29.2 Å². The molecule has 7 nitrogen and oxygen atoms in total. The number of aromatic amines is 1. The van der Waals surface area contributed by atoms with Gasteiger partial charge in [-0.15, -0.1) is 0 Å². The molecule has 3 aliphatic rings. The van der Waals surface area contributed by atoms with Crippen LogP contribution in [0.25, 0.3) is 10.9 Å². The van der Waals surface area contributed by atoms with Crippen LogP contribution in [0.15, 0.2) is 72.8 Å². The van der Waals surface area contributed by atoms with Crippen molar-refractivity contribution in [2.75, 3.05) is 4.90 Å². The van der Waals surface area contributed by atoms with Crippen LogP contribution in [0.1, 0.15) is 83.7 Å². The number of aryl methyl sites for hydroxylation is 1. The zero-order chi connectivity index (χ0) is 28.8. The normalized spacial score (nSPS) is 21.2. The van der Waals surface area contributed by atoms with E-state index in [2.05, 4.69) is 16.4 Å². The zero-order valence-corrected chi connectivity index (χ0v) is 23.9. The number of rotatable bonds is 4. The minimum atomic E-state index is -0.615. The predicted molar refractivity (Wildman–Crippen MR) is 164 cm³/mol. The van der Waals surface area contributed by atoms with Gasteiger partial charge in [0, 0.05) is 34.6 Å². The molecule has 1 aliphatic carbocycles. The molecule has 214 valence electrons. The second-order valence-corrected chi connectivity index (χ2v) is 12.0. The highest BCUT2D eigenvalue weighted by atomic mass is 16.2. The maximum Gasteiger partial charge on any atom is 0.332 e. The highest BCUT2D eigenvalue weighted by molar-refractivity contribution is 6.22. The number of hydrogen-bond acceptors (Lipinski definition) is 3. The Morgan fingerprint density at radius 2 is 1.55 bits per heavy atom. The average Bonchev–Trinajstić information content (AvgIpc) is 3.48. The summed E-state index contributed by atoms with van der Waals surface area (Å²) in [5, 5.41) is 4.29. The largest absolute Gasteiger partial charge is 0.356 e. The van der Waals surface area contributed by atoms with E-state index in [1.807, 2.05) is 49.4 Å². The van der Waals surface area contributed by atoms with Crippen molar-refractivity contribution in [2.45, 2.75) is 76.4 Å². The molecule has 2 atom stereocenters. The first-order valence-corrected chi connectivity index (χ1v) is 15.2. The first-order valence-electron chi connectivity index (χ1n) is 15.2. The topological polar surface area (TPSA) is 85.5 Å². The van der Waals surface area contributed by atoms with E-state index >= 15 is 0 Å². The molecule has 7 rings (SSSR count). The number of nitrogens with one attached hydrogen (secondary N) is 2. The zero-order valence-electron chi connectivity index (χ0n) is 23.9. The molecule has 1 saturated carbocycles. The summed E-state index contributed by atoms with van der Waals surface area (Å²) in [6.45, 7) is 2.04. The number of hydrogen-bond donors (Lipinski definition) is 2. The fraction of sp³-hybridized carbons (Fsp3) is 0.343. The molecular formula is C35H36N4O3. The number of para-hydroxylation sites is 1. The lowest BCUT2D eigenvalue weighted by atomic mass is 9.87. The standard InChI is InChI=1S/C35H36N4O3/c1-22-11-7-8-14-26(22)32-31-28(27-15-9-10-16-29(27)37-31)21-30-34(41)38(35(42)39(30)32)25-19-17-23(18-20-25)33(40)36-24-12-5-3-2-4-6-13-24/h7-11,14-20,24,30,32,37H,2-6,12-13,21H2,1H3,(H,36,40). The molecule has 4 amide bonds. The van der Waals surface area contributed by atoms with E-state index in [1.165, 1.54) is 24.2 Å². The van der Waals surface area contributed by atoms with Gasteiger partial charge in [0.25, 0.3) is 11.8 Å². The summed E-state index contributed by atoms with van der Waals surface area (Å²) in [6, 6.07) is 21.9. The number of H-pyrrole nitrogens is 1. The second-order valence-electron chi connectivity index (χ2n) is 12.0. The van der Waals surface area contributed by atoms with Gasteiger partial charge in [-0.1, -0.05) is 74.6 Å². The van der Waals surface area contributed by atoms with E-state index < -0.39 is 12.1 Å². The molecule has 2 fully saturated rings. The van der Waals surface area contributed by atoms with Gasteiger partial charge >= 0.3 is 6.03 Å². The first kappa shape index (κ1) is 26.5. The molecule has 0 bridgehead atoms. The second kappa shape index (κ2) is 10.8. The first-order chi connectivity index (χ1) is 20.5. The van der Waals surface area contributed by atoms with Crippen molar-refractivity contribution in [3.8, 4) is 0 Å². The van der Waals surface area contributed by atoms with Gasteiger partial charge in [0.05, 0.1) is 5.69 Å². The number of nitrogens with zero attached hydrogens (tertiary/aromatic N) is 2. The maximum atomic E-state index is 14.2. The number of benzene rings is 3. The fourth-order valence-electron chi connectivity index (χ4n) is 7.16. The molecule has 2 aliphatic heterocycles. The number of aromatic nitrogens is 1. The number of imide groups is 1. The SMILES string of the molecule is Cc1ccccc1C1c2[nH]c3ccccc3c2CC2C(=O)N(c3ccc(C(=O)NC4CCCCCCC4)cc3)C(=O)N21. The third kappa shape index (κ3) is 4.48. The van der Waals surface area contributed by atoms with Crippen molar-refractivity contribution in [3.63, 3.8) is 0 Å². The molecule has 3 heterocycles. The molecule has 42 heavy (non-hydrogen) atoms. The van der Waals surface area contributed by atoms with Gasteiger partial charge in [0.1, 0.15) is 12.1 Å². The van der Waals surface area contributed by atoms with Gasteiger partial charge in [-0.05, 0) is 66.8 Å². The third-order valence-electron chi connectivity index (χ3n) is 9.36. The Labute approximate surface area is 245 Å². The van der Waals surface area contributed by atoms with Crippen LogP contribution < -0.4 is 10.2 Å². The van der Waals surface area contributed by atoms with Crippen LogP contribution >= 0.6 is 0 Å². The van der Waals surface area contributed by atoms with E-state index in [4.69, 9.17) is 0 Å². The number of carbonyl (C=O) groups excluding carboxylic acids is 3. The quantitative estimate of drug-likeness (QED) is 0.269. The average molecular weight is 561 g/mol. The Kier molecular flexibility index (Phi) is 6.81. The van der Waals surface area contributed by atoms with Crippen LogP contribution in [-0.2, 0) is 11.2 Å². The Balaban J connectivity index is 1.19. The number of urea groups is 1. The maximum absolute atomic E-state index is 14.2. The Bertz CT molecular complexity index is 1670.